The number of thiophene rings is 1. The molecule has 0 fully saturated rings. The Balaban J connectivity index is 1.46. The molecule has 0 bridgehead atoms. The van der Waals surface area contributed by atoms with Crippen LogP contribution in [0.25, 0.3) is 22.4 Å². The first-order valence-electron chi connectivity index (χ1n) is 11.3. The fraction of sp³-hybridized carbons (Fsp3) is 0.143. The molecule has 8 heteroatoms. The number of thioether (sulfide) groups is 1. The van der Waals surface area contributed by atoms with Crippen LogP contribution in [-0.4, -0.2) is 22.4 Å². The predicted octanol–water partition coefficient (Wildman–Crippen LogP) is 7.79. The first kappa shape index (κ1) is 24.5. The van der Waals surface area contributed by atoms with E-state index in [2.05, 4.69) is 64.2 Å². The van der Waals surface area contributed by atoms with E-state index in [4.69, 9.17) is 4.74 Å². The highest BCUT2D eigenvalue weighted by Crippen LogP contribution is 2.40. The summed E-state index contributed by atoms with van der Waals surface area (Å²) in [5, 5.41) is 11.9. The Morgan fingerprint density at radius 2 is 1.89 bits per heavy atom. The van der Waals surface area contributed by atoms with Crippen LogP contribution >= 0.6 is 35.0 Å². The highest BCUT2D eigenvalue weighted by atomic mass is 32.2. The SMILES string of the molecule is Cc1cc(-c2cc(-c3ccccc3)ncc2Oc2ccc(SNC3SC=CN3C)cc2C#N)c(C)s1. The molecule has 3 heterocycles. The molecule has 1 unspecified atom stereocenters. The van der Waals surface area contributed by atoms with Crippen LogP contribution in [-0.2, 0) is 0 Å². The van der Waals surface area contributed by atoms with Crippen molar-refractivity contribution in [2.24, 2.45) is 0 Å². The molecule has 1 atom stereocenters. The maximum absolute atomic E-state index is 9.87. The van der Waals surface area contributed by atoms with Gasteiger partial charge < -0.3 is 9.64 Å². The van der Waals surface area contributed by atoms with Gasteiger partial charge in [0.2, 0.25) is 0 Å². The van der Waals surface area contributed by atoms with Gasteiger partial charge in [-0.15, -0.1) is 11.3 Å². The monoisotopic (exact) mass is 528 g/mol. The van der Waals surface area contributed by atoms with Gasteiger partial charge in [0.25, 0.3) is 0 Å². The van der Waals surface area contributed by atoms with Gasteiger partial charge in [-0.3, -0.25) is 4.98 Å². The molecule has 5 nitrogen and oxygen atoms in total. The molecule has 0 saturated heterocycles. The highest BCUT2D eigenvalue weighted by molar-refractivity contribution is 8.04. The summed E-state index contributed by atoms with van der Waals surface area (Å²) in [7, 11) is 2.03. The van der Waals surface area contributed by atoms with Gasteiger partial charge in [-0.05, 0) is 67.1 Å². The number of pyridine rings is 1. The largest absolute Gasteiger partial charge is 0.454 e. The van der Waals surface area contributed by atoms with Crippen LogP contribution in [0, 0.1) is 25.2 Å². The summed E-state index contributed by atoms with van der Waals surface area (Å²) in [5.41, 5.74) is 4.64. The van der Waals surface area contributed by atoms with E-state index in [1.807, 2.05) is 49.6 Å². The number of benzene rings is 2. The van der Waals surface area contributed by atoms with Crippen LogP contribution in [0.5, 0.6) is 11.5 Å². The van der Waals surface area contributed by atoms with Crippen molar-refractivity contribution in [3.8, 4) is 40.0 Å². The van der Waals surface area contributed by atoms with Gasteiger partial charge in [0, 0.05) is 39.0 Å². The normalized spacial score (nSPS) is 14.7. The fourth-order valence-electron chi connectivity index (χ4n) is 3.88. The smallest absolute Gasteiger partial charge is 0.153 e. The van der Waals surface area contributed by atoms with Gasteiger partial charge in [0.15, 0.2) is 5.75 Å². The maximum atomic E-state index is 9.87. The molecule has 4 aromatic rings. The van der Waals surface area contributed by atoms with Crippen LogP contribution < -0.4 is 9.46 Å². The zero-order valence-electron chi connectivity index (χ0n) is 20.1. The van der Waals surface area contributed by atoms with E-state index in [0.717, 1.165) is 27.3 Å². The Bertz CT molecular complexity index is 1460. The summed E-state index contributed by atoms with van der Waals surface area (Å²) >= 11 is 4.96. The minimum Gasteiger partial charge on any atom is -0.454 e. The molecular formula is C28H24N4OS3. The molecule has 0 spiro atoms. The van der Waals surface area contributed by atoms with Gasteiger partial charge in [0.1, 0.15) is 17.3 Å². The zero-order valence-corrected chi connectivity index (χ0v) is 22.5. The molecule has 36 heavy (non-hydrogen) atoms. The lowest BCUT2D eigenvalue weighted by molar-refractivity contribution is 0.428. The van der Waals surface area contributed by atoms with E-state index >= 15 is 0 Å². The van der Waals surface area contributed by atoms with E-state index < -0.39 is 0 Å². The van der Waals surface area contributed by atoms with Crippen LogP contribution in [0.3, 0.4) is 0 Å². The van der Waals surface area contributed by atoms with Crippen molar-refractivity contribution in [1.82, 2.24) is 14.6 Å². The molecule has 1 N–H and O–H groups in total. The fourth-order valence-corrected chi connectivity index (χ4v) is 6.57. The second-order valence-corrected chi connectivity index (χ2v) is 11.7. The Morgan fingerprint density at radius 1 is 1.06 bits per heavy atom. The van der Waals surface area contributed by atoms with Crippen molar-refractivity contribution in [2.75, 3.05) is 7.05 Å². The van der Waals surface area contributed by atoms with Crippen molar-refractivity contribution < 1.29 is 4.74 Å². The molecule has 2 aromatic heterocycles. The van der Waals surface area contributed by atoms with Crippen LogP contribution in [0.1, 0.15) is 15.3 Å². The maximum Gasteiger partial charge on any atom is 0.153 e. The predicted molar refractivity (Wildman–Crippen MR) is 151 cm³/mol. The number of aromatic nitrogens is 1. The Labute approximate surface area is 224 Å². The second kappa shape index (κ2) is 10.8. The quantitative estimate of drug-likeness (QED) is 0.246. The third kappa shape index (κ3) is 5.30. The summed E-state index contributed by atoms with van der Waals surface area (Å²) in [6.07, 6.45) is 3.79. The van der Waals surface area contributed by atoms with Gasteiger partial charge in [-0.1, -0.05) is 42.1 Å². The number of ether oxygens (including phenoxy) is 1. The second-order valence-electron chi connectivity index (χ2n) is 8.29. The van der Waals surface area contributed by atoms with Gasteiger partial charge >= 0.3 is 0 Å². The van der Waals surface area contributed by atoms with Crippen molar-refractivity contribution in [1.29, 1.82) is 5.26 Å². The van der Waals surface area contributed by atoms with Crippen molar-refractivity contribution in [3.63, 3.8) is 0 Å². The summed E-state index contributed by atoms with van der Waals surface area (Å²) in [5.74, 6) is 1.14. The van der Waals surface area contributed by atoms with Crippen molar-refractivity contribution in [2.45, 2.75) is 24.2 Å². The lowest BCUT2D eigenvalue weighted by atomic mass is 10.0. The molecule has 0 aliphatic carbocycles. The number of nitrogens with one attached hydrogen (secondary N) is 1. The molecule has 1 aliphatic heterocycles. The average molecular weight is 529 g/mol. The number of nitriles is 1. The van der Waals surface area contributed by atoms with E-state index in [1.54, 1.807) is 29.3 Å². The number of rotatable bonds is 7. The van der Waals surface area contributed by atoms with Crippen LogP contribution in [0.2, 0.25) is 0 Å². The summed E-state index contributed by atoms with van der Waals surface area (Å²) in [4.78, 5) is 10.2. The minimum atomic E-state index is 0.158. The Hall–Kier alpha value is -3.22. The Morgan fingerprint density at radius 3 is 2.58 bits per heavy atom. The molecule has 180 valence electrons. The van der Waals surface area contributed by atoms with Gasteiger partial charge in [0.05, 0.1) is 17.5 Å². The molecule has 2 aromatic carbocycles. The van der Waals surface area contributed by atoms with Crippen LogP contribution in [0.4, 0.5) is 0 Å². The molecular weight excluding hydrogens is 505 g/mol. The zero-order chi connectivity index (χ0) is 25.1. The first-order valence-corrected chi connectivity index (χ1v) is 13.9. The highest BCUT2D eigenvalue weighted by Gasteiger charge is 2.18. The number of hydrogen-bond donors (Lipinski definition) is 1. The first-order chi connectivity index (χ1) is 17.5. The molecule has 1 aliphatic rings. The van der Waals surface area contributed by atoms with E-state index in [0.29, 0.717) is 17.1 Å². The number of aryl methyl sites for hydroxylation is 2. The summed E-state index contributed by atoms with van der Waals surface area (Å²) in [6, 6.07) is 22.3. The van der Waals surface area contributed by atoms with Gasteiger partial charge in [-0.25, -0.2) is 4.72 Å². The lowest BCUT2D eigenvalue weighted by Gasteiger charge is -2.20. The van der Waals surface area contributed by atoms with Crippen molar-refractivity contribution in [3.05, 3.63) is 93.8 Å². The molecule has 0 radical (unpaired) electrons. The summed E-state index contributed by atoms with van der Waals surface area (Å²) < 4.78 is 9.77. The van der Waals surface area contributed by atoms with E-state index in [1.165, 1.54) is 21.7 Å². The number of nitrogens with zero attached hydrogens (tertiary/aromatic N) is 3. The Kier molecular flexibility index (Phi) is 7.35. The minimum absolute atomic E-state index is 0.158. The van der Waals surface area contributed by atoms with Crippen LogP contribution in [0.15, 0.2) is 83.4 Å². The van der Waals surface area contributed by atoms with E-state index in [-0.39, 0.29) is 5.50 Å². The average Bonchev–Trinajstić information content (AvgIpc) is 3.47. The van der Waals surface area contributed by atoms with Crippen molar-refractivity contribution >= 4 is 35.0 Å². The molecule has 0 saturated carbocycles. The third-order valence-corrected chi connectivity index (χ3v) is 8.64. The van der Waals surface area contributed by atoms with E-state index in [9.17, 15) is 5.26 Å². The lowest BCUT2D eigenvalue weighted by Crippen LogP contribution is -2.30. The third-order valence-electron chi connectivity index (χ3n) is 5.71. The molecule has 0 amide bonds. The standard InChI is InChI=1S/C28H24N4OS3/c1-18-13-23(19(2)35-18)24-15-25(20-7-5-4-6-8-20)30-17-27(24)33-26-10-9-22(14-21(26)16-29)36-31-28-32(3)11-12-34-28/h4-15,17,28,31H,1-3H3. The molecule has 5 rings (SSSR count). The topological polar surface area (TPSA) is 61.2 Å². The van der Waals surface area contributed by atoms with Gasteiger partial charge in [-0.2, -0.15) is 5.26 Å². The summed E-state index contributed by atoms with van der Waals surface area (Å²) in [6.45, 7) is 4.23. The number of hydrogen-bond acceptors (Lipinski definition) is 8.